The molecule has 6 rings (SSSR count). The Hall–Kier alpha value is -3.66. The number of piperazine rings is 1. The molecular weight excluding hydrogens is 640 g/mol. The molecule has 0 bridgehead atoms. The highest BCUT2D eigenvalue weighted by Crippen LogP contribution is 2.41. The zero-order chi connectivity index (χ0) is 31.3. The molecule has 3 N–H and O–H groups in total. The molecule has 2 saturated heterocycles. The quantitative estimate of drug-likeness (QED) is 0.367. The molecule has 1 aromatic carbocycles. The van der Waals surface area contributed by atoms with Gasteiger partial charge < -0.3 is 30.1 Å². The fraction of sp³-hybridized carbons (Fsp3) is 0.464. The van der Waals surface area contributed by atoms with Crippen LogP contribution in [0.5, 0.6) is 0 Å². The molecule has 3 fully saturated rings. The number of aromatic nitrogens is 4. The van der Waals surface area contributed by atoms with Crippen molar-refractivity contribution in [1.82, 2.24) is 34.4 Å². The number of aliphatic hydroxyl groups is 1. The van der Waals surface area contributed by atoms with E-state index in [4.69, 9.17) is 11.6 Å². The Morgan fingerprint density at radius 2 is 1.80 bits per heavy atom. The average Bonchev–Trinajstić information content (AvgIpc) is 3.38. The molecule has 1 saturated carbocycles. The van der Waals surface area contributed by atoms with Gasteiger partial charge in [-0.15, -0.1) is 12.4 Å². The summed E-state index contributed by atoms with van der Waals surface area (Å²) >= 11 is 6.43. The first kappa shape index (κ1) is 32.7. The minimum Gasteiger partial charge on any atom is -0.392 e. The number of hydrogen-bond acceptors (Lipinski definition) is 7. The molecular formula is C28H31Cl2F3N8O4. The van der Waals surface area contributed by atoms with Gasteiger partial charge in [-0.05, 0) is 37.5 Å². The van der Waals surface area contributed by atoms with Crippen molar-refractivity contribution in [3.05, 3.63) is 52.7 Å². The van der Waals surface area contributed by atoms with Gasteiger partial charge in [0, 0.05) is 51.7 Å². The van der Waals surface area contributed by atoms with Crippen molar-refractivity contribution in [2.45, 2.75) is 43.6 Å². The third-order valence-electron chi connectivity index (χ3n) is 8.13. The molecule has 45 heavy (non-hydrogen) atoms. The van der Waals surface area contributed by atoms with Crippen molar-refractivity contribution >= 4 is 47.4 Å². The molecule has 3 aromatic rings. The van der Waals surface area contributed by atoms with E-state index < -0.39 is 29.9 Å². The zero-order valence-electron chi connectivity index (χ0n) is 24.1. The Labute approximate surface area is 266 Å². The fourth-order valence-electron chi connectivity index (χ4n) is 5.56. The van der Waals surface area contributed by atoms with Crippen LogP contribution in [-0.4, -0.2) is 96.8 Å². The van der Waals surface area contributed by atoms with E-state index >= 15 is 0 Å². The summed E-state index contributed by atoms with van der Waals surface area (Å²) in [6.07, 6.45) is -0.807. The lowest BCUT2D eigenvalue weighted by Gasteiger charge is -2.36. The van der Waals surface area contributed by atoms with Crippen molar-refractivity contribution in [3.63, 3.8) is 0 Å². The van der Waals surface area contributed by atoms with Crippen LogP contribution in [0.3, 0.4) is 0 Å². The minimum absolute atomic E-state index is 0. The molecule has 2 aromatic heterocycles. The van der Waals surface area contributed by atoms with E-state index in [-0.39, 0.29) is 63.6 Å². The molecule has 12 nitrogen and oxygen atoms in total. The van der Waals surface area contributed by atoms with Crippen LogP contribution in [0.15, 0.2) is 30.6 Å². The van der Waals surface area contributed by atoms with Gasteiger partial charge in [-0.25, -0.2) is 4.98 Å². The van der Waals surface area contributed by atoms with Crippen LogP contribution >= 0.6 is 24.0 Å². The van der Waals surface area contributed by atoms with Crippen LogP contribution in [0.1, 0.15) is 52.0 Å². The standard InChI is InChI=1S/C28H30ClF3N8O4.ClH/c1-37-22(19-14-40(16-3-4-16)36-23(19)28(30,31)32)13-34-24(37)25(42)35-15-2-5-18(20(29)10-15)26(43)38-6-8-39(9-7-38)27(44)21-11-17(41)12-33-21;/h2,5,10,13-14,16-17,21,33,41H,3-4,6-9,11-12H2,1H3,(H,35,42);1H/t17-,21+;/m1./s1. The van der Waals surface area contributed by atoms with Gasteiger partial charge in [-0.2, -0.15) is 18.3 Å². The number of nitrogens with zero attached hydrogens (tertiary/aromatic N) is 6. The number of alkyl halides is 3. The number of carbonyl (C=O) groups is 3. The van der Waals surface area contributed by atoms with Gasteiger partial charge in [0.2, 0.25) is 5.91 Å². The van der Waals surface area contributed by atoms with Crippen LogP contribution in [0, 0.1) is 0 Å². The Bertz CT molecular complexity index is 1620. The number of aliphatic hydroxyl groups excluding tert-OH is 1. The van der Waals surface area contributed by atoms with Crippen molar-refractivity contribution < 1.29 is 32.7 Å². The molecule has 2 aliphatic heterocycles. The summed E-state index contributed by atoms with van der Waals surface area (Å²) in [6.45, 7) is 1.70. The zero-order valence-corrected chi connectivity index (χ0v) is 25.6. The first-order valence-electron chi connectivity index (χ1n) is 14.2. The van der Waals surface area contributed by atoms with Crippen molar-refractivity contribution in [3.8, 4) is 11.3 Å². The number of hydrogen-bond donors (Lipinski definition) is 3. The summed E-state index contributed by atoms with van der Waals surface area (Å²) in [5.74, 6) is -1.23. The highest BCUT2D eigenvalue weighted by molar-refractivity contribution is 6.34. The smallest absolute Gasteiger partial charge is 0.392 e. The second kappa shape index (κ2) is 12.6. The highest BCUT2D eigenvalue weighted by atomic mass is 35.5. The van der Waals surface area contributed by atoms with E-state index in [1.807, 2.05) is 0 Å². The average molecular weight is 672 g/mol. The molecule has 17 heteroatoms. The Morgan fingerprint density at radius 3 is 2.40 bits per heavy atom. The number of benzene rings is 1. The van der Waals surface area contributed by atoms with E-state index in [1.54, 1.807) is 9.80 Å². The lowest BCUT2D eigenvalue weighted by atomic mass is 10.1. The minimum atomic E-state index is -4.68. The summed E-state index contributed by atoms with van der Waals surface area (Å²) < 4.78 is 43.8. The van der Waals surface area contributed by atoms with Crippen molar-refractivity contribution in [1.29, 1.82) is 0 Å². The maximum absolute atomic E-state index is 13.7. The van der Waals surface area contributed by atoms with E-state index in [0.717, 1.165) is 12.8 Å². The summed E-state index contributed by atoms with van der Waals surface area (Å²) in [4.78, 5) is 46.3. The summed E-state index contributed by atoms with van der Waals surface area (Å²) in [6, 6.07) is 3.90. The van der Waals surface area contributed by atoms with E-state index in [1.165, 1.54) is 46.9 Å². The van der Waals surface area contributed by atoms with Gasteiger partial charge in [0.1, 0.15) is 0 Å². The first-order chi connectivity index (χ1) is 20.9. The van der Waals surface area contributed by atoms with Crippen molar-refractivity contribution in [2.75, 3.05) is 38.0 Å². The second-order valence-corrected chi connectivity index (χ2v) is 11.7. The molecule has 2 atom stereocenters. The Balaban J connectivity index is 0.00000400. The maximum atomic E-state index is 13.7. The van der Waals surface area contributed by atoms with Crippen LogP contribution in [-0.2, 0) is 18.0 Å². The van der Waals surface area contributed by atoms with Crippen molar-refractivity contribution in [2.24, 2.45) is 7.05 Å². The number of halogens is 5. The predicted molar refractivity (Wildman–Crippen MR) is 159 cm³/mol. The van der Waals surface area contributed by atoms with Crippen LogP contribution in [0.25, 0.3) is 11.3 Å². The van der Waals surface area contributed by atoms with Gasteiger partial charge in [0.25, 0.3) is 11.8 Å². The SMILES string of the molecule is Cl.Cn1c(-c2cn(C3CC3)nc2C(F)(F)F)cnc1C(=O)Nc1ccc(C(=O)N2CCN(C(=O)[C@@H]3C[C@@H](O)CN3)CC2)c(Cl)c1. The molecule has 242 valence electrons. The van der Waals surface area contributed by atoms with Crippen LogP contribution < -0.4 is 10.6 Å². The Morgan fingerprint density at radius 1 is 1.11 bits per heavy atom. The van der Waals surface area contributed by atoms with Crippen LogP contribution in [0.2, 0.25) is 5.02 Å². The molecule has 3 amide bonds. The maximum Gasteiger partial charge on any atom is 0.435 e. The van der Waals surface area contributed by atoms with E-state index in [0.29, 0.717) is 39.1 Å². The number of anilines is 1. The largest absolute Gasteiger partial charge is 0.435 e. The first-order valence-corrected chi connectivity index (χ1v) is 14.6. The monoisotopic (exact) mass is 670 g/mol. The van der Waals surface area contributed by atoms with Crippen LogP contribution in [0.4, 0.5) is 18.9 Å². The van der Waals surface area contributed by atoms with Gasteiger partial charge in [0.05, 0.1) is 46.2 Å². The second-order valence-electron chi connectivity index (χ2n) is 11.2. The number of nitrogens with one attached hydrogen (secondary N) is 2. The number of amides is 3. The van der Waals surface area contributed by atoms with E-state index in [2.05, 4.69) is 20.7 Å². The molecule has 0 unspecified atom stereocenters. The third kappa shape index (κ3) is 6.66. The normalized spacial score (nSPS) is 20.2. The molecule has 0 radical (unpaired) electrons. The number of β-amino-alcohol motifs (C(OH)–C–C–N with tert-alkyl or cyclic N) is 1. The highest BCUT2D eigenvalue weighted by Gasteiger charge is 2.40. The number of imidazole rings is 1. The fourth-order valence-corrected chi connectivity index (χ4v) is 5.83. The summed E-state index contributed by atoms with van der Waals surface area (Å²) in [5, 5.41) is 19.2. The molecule has 3 aliphatic rings. The molecule has 0 spiro atoms. The summed E-state index contributed by atoms with van der Waals surface area (Å²) in [7, 11) is 1.45. The van der Waals surface area contributed by atoms with E-state index in [9.17, 15) is 32.7 Å². The van der Waals surface area contributed by atoms with Gasteiger partial charge in [0.15, 0.2) is 11.5 Å². The van der Waals surface area contributed by atoms with Gasteiger partial charge in [-0.1, -0.05) is 11.6 Å². The predicted octanol–water partition coefficient (Wildman–Crippen LogP) is 2.97. The van der Waals surface area contributed by atoms with Gasteiger partial charge >= 0.3 is 6.18 Å². The number of rotatable bonds is 6. The lowest BCUT2D eigenvalue weighted by Crippen LogP contribution is -2.54. The topological polar surface area (TPSA) is 138 Å². The molecule has 1 aliphatic carbocycles. The summed E-state index contributed by atoms with van der Waals surface area (Å²) in [5.41, 5.74) is -0.627. The van der Waals surface area contributed by atoms with Gasteiger partial charge in [-0.3, -0.25) is 19.1 Å². The lowest BCUT2D eigenvalue weighted by molar-refractivity contribution is -0.141. The molecule has 4 heterocycles. The number of carbonyl (C=O) groups excluding carboxylic acids is 3. The third-order valence-corrected chi connectivity index (χ3v) is 8.44. The Kier molecular flexibility index (Phi) is 9.18.